The minimum absolute atomic E-state index is 0.0251. The van der Waals surface area contributed by atoms with Crippen molar-refractivity contribution in [3.63, 3.8) is 0 Å². The molecular formula is C15H30N2O2. The lowest BCUT2D eigenvalue weighted by atomic mass is 9.93. The summed E-state index contributed by atoms with van der Waals surface area (Å²) in [4.78, 5) is 2.49. The fourth-order valence-electron chi connectivity index (χ4n) is 3.52. The normalized spacial score (nSPS) is 34.1. The van der Waals surface area contributed by atoms with Crippen LogP contribution in [0.3, 0.4) is 0 Å². The predicted octanol–water partition coefficient (Wildman–Crippen LogP) is 1.24. The van der Waals surface area contributed by atoms with E-state index in [-0.39, 0.29) is 12.7 Å². The molecule has 0 bridgehead atoms. The molecule has 0 spiro atoms. The third-order valence-electron chi connectivity index (χ3n) is 4.54. The van der Waals surface area contributed by atoms with Crippen molar-refractivity contribution < 1.29 is 9.84 Å². The Kier molecular flexibility index (Phi) is 6.57. The molecule has 0 aromatic heterocycles. The first-order chi connectivity index (χ1) is 9.33. The number of aliphatic hydroxyl groups excluding tert-OH is 1. The maximum Gasteiger partial charge on any atom is 0.0932 e. The number of nitrogens with one attached hydrogen (secondary N) is 1. The molecule has 1 aliphatic carbocycles. The Morgan fingerprint density at radius 3 is 2.89 bits per heavy atom. The highest BCUT2D eigenvalue weighted by Gasteiger charge is 2.27. The number of morpholine rings is 1. The van der Waals surface area contributed by atoms with Gasteiger partial charge in [-0.3, -0.25) is 4.90 Å². The second kappa shape index (κ2) is 8.20. The highest BCUT2D eigenvalue weighted by molar-refractivity contribution is 4.83. The summed E-state index contributed by atoms with van der Waals surface area (Å²) < 4.78 is 5.54. The van der Waals surface area contributed by atoms with Crippen molar-refractivity contribution >= 4 is 0 Å². The first-order valence-electron chi connectivity index (χ1n) is 8.01. The van der Waals surface area contributed by atoms with E-state index in [1.807, 2.05) is 0 Å². The van der Waals surface area contributed by atoms with Crippen LogP contribution in [0.2, 0.25) is 0 Å². The second-order valence-corrected chi connectivity index (χ2v) is 6.00. The largest absolute Gasteiger partial charge is 0.394 e. The van der Waals surface area contributed by atoms with Gasteiger partial charge in [0, 0.05) is 25.7 Å². The second-order valence-electron chi connectivity index (χ2n) is 6.00. The van der Waals surface area contributed by atoms with E-state index < -0.39 is 0 Å². The van der Waals surface area contributed by atoms with Crippen molar-refractivity contribution in [1.29, 1.82) is 0 Å². The van der Waals surface area contributed by atoms with Gasteiger partial charge in [-0.05, 0) is 25.3 Å². The van der Waals surface area contributed by atoms with E-state index in [1.165, 1.54) is 32.1 Å². The smallest absolute Gasteiger partial charge is 0.0932 e. The van der Waals surface area contributed by atoms with Crippen LogP contribution in [0.5, 0.6) is 0 Å². The fraction of sp³-hybridized carbons (Fsp3) is 1.00. The molecule has 3 unspecified atom stereocenters. The Hall–Kier alpha value is -0.160. The van der Waals surface area contributed by atoms with Crippen molar-refractivity contribution in [2.45, 2.75) is 51.2 Å². The maximum atomic E-state index is 9.23. The summed E-state index contributed by atoms with van der Waals surface area (Å²) in [6.45, 7) is 7.28. The summed E-state index contributed by atoms with van der Waals surface area (Å²) in [6.07, 6.45) is 6.83. The van der Waals surface area contributed by atoms with Crippen LogP contribution in [0.1, 0.15) is 39.0 Å². The Bertz CT molecular complexity index is 250. The molecule has 112 valence electrons. The van der Waals surface area contributed by atoms with E-state index in [9.17, 15) is 5.11 Å². The van der Waals surface area contributed by atoms with Gasteiger partial charge in [-0.2, -0.15) is 0 Å². The monoisotopic (exact) mass is 270 g/mol. The van der Waals surface area contributed by atoms with Crippen LogP contribution in [-0.4, -0.2) is 61.5 Å². The van der Waals surface area contributed by atoms with Crippen LogP contribution >= 0.6 is 0 Å². The van der Waals surface area contributed by atoms with Crippen molar-refractivity contribution in [3.8, 4) is 0 Å². The molecule has 3 atom stereocenters. The molecule has 1 saturated carbocycles. The molecule has 1 heterocycles. The van der Waals surface area contributed by atoms with Gasteiger partial charge in [-0.15, -0.1) is 0 Å². The fourth-order valence-corrected chi connectivity index (χ4v) is 3.52. The molecule has 2 aliphatic rings. The van der Waals surface area contributed by atoms with Gasteiger partial charge in [0.15, 0.2) is 0 Å². The first kappa shape index (κ1) is 15.2. The summed E-state index contributed by atoms with van der Waals surface area (Å²) in [5.74, 6) is 0.764. The molecule has 1 saturated heterocycles. The van der Waals surface area contributed by atoms with Crippen LogP contribution in [0, 0.1) is 5.92 Å². The molecule has 1 aliphatic heterocycles. The zero-order valence-corrected chi connectivity index (χ0v) is 12.3. The molecule has 19 heavy (non-hydrogen) atoms. The number of ether oxygens (including phenoxy) is 1. The summed E-state index contributed by atoms with van der Waals surface area (Å²) in [7, 11) is 0. The number of nitrogens with zero attached hydrogens (tertiary/aromatic N) is 1. The highest BCUT2D eigenvalue weighted by Crippen LogP contribution is 2.25. The SMILES string of the molecule is CCNC1CCCCCC1CN1CCOC(CO)C1. The minimum atomic E-state index is 0.0251. The molecule has 0 aromatic carbocycles. The van der Waals surface area contributed by atoms with Crippen LogP contribution in [-0.2, 0) is 4.74 Å². The Morgan fingerprint density at radius 2 is 2.11 bits per heavy atom. The molecule has 0 radical (unpaired) electrons. The molecule has 0 amide bonds. The quantitative estimate of drug-likeness (QED) is 0.738. The lowest BCUT2D eigenvalue weighted by Crippen LogP contribution is -2.48. The van der Waals surface area contributed by atoms with Gasteiger partial charge in [0.25, 0.3) is 0 Å². The van der Waals surface area contributed by atoms with Crippen LogP contribution in [0.4, 0.5) is 0 Å². The number of aliphatic hydroxyl groups is 1. The van der Waals surface area contributed by atoms with Gasteiger partial charge in [0.1, 0.15) is 0 Å². The average Bonchev–Trinajstić information content (AvgIpc) is 2.65. The minimum Gasteiger partial charge on any atom is -0.394 e. The lowest BCUT2D eigenvalue weighted by Gasteiger charge is -2.36. The number of hydrogen-bond acceptors (Lipinski definition) is 4. The van der Waals surface area contributed by atoms with Crippen molar-refractivity contribution in [2.24, 2.45) is 5.92 Å². The van der Waals surface area contributed by atoms with Crippen molar-refractivity contribution in [3.05, 3.63) is 0 Å². The zero-order chi connectivity index (χ0) is 13.5. The van der Waals surface area contributed by atoms with E-state index in [2.05, 4.69) is 17.1 Å². The van der Waals surface area contributed by atoms with Gasteiger partial charge in [-0.25, -0.2) is 0 Å². The molecule has 2 N–H and O–H groups in total. The molecular weight excluding hydrogens is 240 g/mol. The molecule has 4 nitrogen and oxygen atoms in total. The molecule has 2 fully saturated rings. The molecule has 0 aromatic rings. The first-order valence-corrected chi connectivity index (χ1v) is 8.01. The highest BCUT2D eigenvalue weighted by atomic mass is 16.5. The van der Waals surface area contributed by atoms with Gasteiger partial charge >= 0.3 is 0 Å². The zero-order valence-electron chi connectivity index (χ0n) is 12.3. The Labute approximate surface area is 117 Å². The van der Waals surface area contributed by atoms with E-state index >= 15 is 0 Å². The summed E-state index contributed by atoms with van der Waals surface area (Å²) in [5.41, 5.74) is 0. The van der Waals surface area contributed by atoms with E-state index in [4.69, 9.17) is 4.74 Å². The Balaban J connectivity index is 1.86. The van der Waals surface area contributed by atoms with Crippen LogP contribution in [0.25, 0.3) is 0 Å². The predicted molar refractivity (Wildman–Crippen MR) is 77.3 cm³/mol. The summed E-state index contributed by atoms with van der Waals surface area (Å²) >= 11 is 0. The number of rotatable bonds is 5. The Morgan fingerprint density at radius 1 is 1.26 bits per heavy atom. The van der Waals surface area contributed by atoms with Crippen LogP contribution in [0.15, 0.2) is 0 Å². The van der Waals surface area contributed by atoms with Crippen LogP contribution < -0.4 is 5.32 Å². The summed E-state index contributed by atoms with van der Waals surface area (Å²) in [5, 5.41) is 12.9. The maximum absolute atomic E-state index is 9.23. The van der Waals surface area contributed by atoms with Gasteiger partial charge in [0.2, 0.25) is 0 Å². The number of hydrogen-bond donors (Lipinski definition) is 2. The van der Waals surface area contributed by atoms with E-state index in [0.29, 0.717) is 6.04 Å². The summed E-state index contributed by atoms with van der Waals surface area (Å²) in [6, 6.07) is 0.683. The third-order valence-corrected chi connectivity index (χ3v) is 4.54. The van der Waals surface area contributed by atoms with Gasteiger partial charge < -0.3 is 15.2 Å². The molecule has 2 rings (SSSR count). The molecule has 4 heteroatoms. The standard InChI is InChI=1S/C15H30N2O2/c1-2-16-15-7-5-3-4-6-13(15)10-17-8-9-19-14(11-17)12-18/h13-16,18H,2-12H2,1H3. The topological polar surface area (TPSA) is 44.7 Å². The average molecular weight is 270 g/mol. The van der Waals surface area contributed by atoms with Crippen molar-refractivity contribution in [2.75, 3.05) is 39.4 Å². The van der Waals surface area contributed by atoms with Gasteiger partial charge in [-0.1, -0.05) is 26.2 Å². The van der Waals surface area contributed by atoms with E-state index in [1.54, 1.807) is 0 Å². The lowest BCUT2D eigenvalue weighted by molar-refractivity contribution is -0.0575. The van der Waals surface area contributed by atoms with E-state index in [0.717, 1.165) is 38.7 Å². The third kappa shape index (κ3) is 4.71. The van der Waals surface area contributed by atoms with Gasteiger partial charge in [0.05, 0.1) is 19.3 Å². The van der Waals surface area contributed by atoms with Crippen molar-refractivity contribution in [1.82, 2.24) is 10.2 Å².